The van der Waals surface area contributed by atoms with Gasteiger partial charge < -0.3 is 15.4 Å². The quantitative estimate of drug-likeness (QED) is 0.410. The molecular formula is C20H19F3N2O4S. The summed E-state index contributed by atoms with van der Waals surface area (Å²) in [7, 11) is 0. The number of benzene rings is 1. The average molecular weight is 440 g/mol. The zero-order chi connectivity index (χ0) is 21.7. The summed E-state index contributed by atoms with van der Waals surface area (Å²) in [5.74, 6) is -6.85. The number of thiophene rings is 1. The van der Waals surface area contributed by atoms with Crippen molar-refractivity contribution < 1.29 is 32.3 Å². The fraction of sp³-hybridized carbons (Fsp3) is 0.350. The van der Waals surface area contributed by atoms with Crippen LogP contribution in [0.25, 0.3) is 0 Å². The number of halogens is 3. The van der Waals surface area contributed by atoms with Gasteiger partial charge in [0.25, 0.3) is 5.91 Å². The van der Waals surface area contributed by atoms with Gasteiger partial charge in [-0.05, 0) is 49.4 Å². The molecule has 2 amide bonds. The van der Waals surface area contributed by atoms with E-state index in [1.807, 2.05) is 5.32 Å². The molecule has 1 heterocycles. The number of esters is 1. The van der Waals surface area contributed by atoms with E-state index in [0.29, 0.717) is 10.9 Å². The molecular weight excluding hydrogens is 421 g/mol. The molecule has 0 radical (unpaired) electrons. The van der Waals surface area contributed by atoms with Crippen molar-refractivity contribution in [1.29, 1.82) is 0 Å². The Morgan fingerprint density at radius 1 is 1.00 bits per heavy atom. The van der Waals surface area contributed by atoms with Crippen molar-refractivity contribution in [2.24, 2.45) is 0 Å². The van der Waals surface area contributed by atoms with Gasteiger partial charge in [0.05, 0.1) is 12.2 Å². The average Bonchev–Trinajstić information content (AvgIpc) is 3.01. The molecule has 0 saturated carbocycles. The standard InChI is InChI=1S/C20H19F3N2O4S/c21-12-6-7-13(19(23)18(12)22)25-16(26)9-24-17(27)10-29-20(28)15-8-11-4-2-1-3-5-14(11)30-15/h6-8H,1-5,9-10H2,(H,24,27)(H,25,26). The van der Waals surface area contributed by atoms with Crippen LogP contribution in [-0.2, 0) is 27.2 Å². The first-order valence-electron chi connectivity index (χ1n) is 9.34. The molecule has 0 fully saturated rings. The Labute approximate surface area is 174 Å². The summed E-state index contributed by atoms with van der Waals surface area (Å²) in [6.07, 6.45) is 5.18. The van der Waals surface area contributed by atoms with Crippen molar-refractivity contribution >= 4 is 34.8 Å². The Balaban J connectivity index is 1.44. The van der Waals surface area contributed by atoms with E-state index in [-0.39, 0.29) is 0 Å². The van der Waals surface area contributed by atoms with Gasteiger partial charge in [0, 0.05) is 4.88 Å². The van der Waals surface area contributed by atoms with E-state index in [1.54, 1.807) is 6.07 Å². The summed E-state index contributed by atoms with van der Waals surface area (Å²) in [5, 5.41) is 4.21. The summed E-state index contributed by atoms with van der Waals surface area (Å²) in [4.78, 5) is 37.3. The highest BCUT2D eigenvalue weighted by molar-refractivity contribution is 7.14. The highest BCUT2D eigenvalue weighted by atomic mass is 32.1. The van der Waals surface area contributed by atoms with E-state index >= 15 is 0 Å². The Kier molecular flexibility index (Phi) is 7.09. The number of carbonyl (C=O) groups excluding carboxylic acids is 3. The SMILES string of the molecule is O=C(COC(=O)c1cc2c(s1)CCCCC2)NCC(=O)Nc1ccc(F)c(F)c1F. The van der Waals surface area contributed by atoms with Crippen LogP contribution in [0.4, 0.5) is 18.9 Å². The molecule has 0 saturated heterocycles. The Morgan fingerprint density at radius 2 is 1.77 bits per heavy atom. The van der Waals surface area contributed by atoms with Crippen molar-refractivity contribution in [2.75, 3.05) is 18.5 Å². The maximum atomic E-state index is 13.5. The molecule has 1 aliphatic carbocycles. The van der Waals surface area contributed by atoms with Gasteiger partial charge in [-0.2, -0.15) is 0 Å². The van der Waals surface area contributed by atoms with Gasteiger partial charge in [-0.15, -0.1) is 11.3 Å². The molecule has 2 N–H and O–H groups in total. The summed E-state index contributed by atoms with van der Waals surface area (Å²) in [6.45, 7) is -1.16. The first-order valence-corrected chi connectivity index (χ1v) is 10.2. The third kappa shape index (κ3) is 5.38. The minimum Gasteiger partial charge on any atom is -0.451 e. The molecule has 0 unspecified atom stereocenters. The lowest BCUT2D eigenvalue weighted by molar-refractivity contribution is -0.126. The summed E-state index contributed by atoms with van der Waals surface area (Å²) in [6, 6.07) is 3.32. The van der Waals surface area contributed by atoms with E-state index in [9.17, 15) is 27.6 Å². The molecule has 1 aliphatic rings. The lowest BCUT2D eigenvalue weighted by Crippen LogP contribution is -2.35. The molecule has 160 valence electrons. The van der Waals surface area contributed by atoms with Crippen LogP contribution in [0.5, 0.6) is 0 Å². The number of aryl methyl sites for hydroxylation is 2. The number of hydrogen-bond donors (Lipinski definition) is 2. The second-order valence-corrected chi connectivity index (χ2v) is 7.88. The largest absolute Gasteiger partial charge is 0.451 e. The number of amides is 2. The number of anilines is 1. The van der Waals surface area contributed by atoms with Crippen LogP contribution >= 0.6 is 11.3 Å². The van der Waals surface area contributed by atoms with Crippen LogP contribution in [0, 0.1) is 17.5 Å². The van der Waals surface area contributed by atoms with Crippen LogP contribution in [0.3, 0.4) is 0 Å². The number of rotatable bonds is 6. The monoisotopic (exact) mass is 440 g/mol. The van der Waals surface area contributed by atoms with Crippen molar-refractivity contribution in [2.45, 2.75) is 32.1 Å². The predicted octanol–water partition coefficient (Wildman–Crippen LogP) is 3.35. The molecule has 0 bridgehead atoms. The highest BCUT2D eigenvalue weighted by Gasteiger charge is 2.19. The van der Waals surface area contributed by atoms with E-state index < -0.39 is 54.1 Å². The molecule has 30 heavy (non-hydrogen) atoms. The normalized spacial score (nSPS) is 13.2. The van der Waals surface area contributed by atoms with Gasteiger partial charge in [0.2, 0.25) is 5.91 Å². The van der Waals surface area contributed by atoms with Crippen molar-refractivity contribution in [1.82, 2.24) is 5.32 Å². The van der Waals surface area contributed by atoms with Crippen molar-refractivity contribution in [3.05, 3.63) is 51.0 Å². The molecule has 10 heteroatoms. The molecule has 0 spiro atoms. The van der Waals surface area contributed by atoms with Crippen molar-refractivity contribution in [3.8, 4) is 0 Å². The Morgan fingerprint density at radius 3 is 2.57 bits per heavy atom. The van der Waals surface area contributed by atoms with E-state index in [0.717, 1.165) is 43.7 Å². The summed E-state index contributed by atoms with van der Waals surface area (Å²) in [5.41, 5.74) is 0.590. The van der Waals surface area contributed by atoms with Gasteiger partial charge in [-0.25, -0.2) is 18.0 Å². The maximum Gasteiger partial charge on any atom is 0.348 e. The van der Waals surface area contributed by atoms with Crippen molar-refractivity contribution in [3.63, 3.8) is 0 Å². The van der Waals surface area contributed by atoms with E-state index in [4.69, 9.17) is 4.74 Å². The summed E-state index contributed by atoms with van der Waals surface area (Å²) >= 11 is 1.37. The fourth-order valence-electron chi connectivity index (χ4n) is 3.02. The first-order chi connectivity index (χ1) is 14.3. The Hall–Kier alpha value is -2.88. The van der Waals surface area contributed by atoms with Crippen LogP contribution in [-0.4, -0.2) is 30.9 Å². The molecule has 0 atom stereocenters. The molecule has 1 aromatic carbocycles. The summed E-state index contributed by atoms with van der Waals surface area (Å²) < 4.78 is 44.5. The van der Waals surface area contributed by atoms with Crippen LogP contribution < -0.4 is 10.6 Å². The van der Waals surface area contributed by atoms with E-state index in [1.165, 1.54) is 16.2 Å². The molecule has 0 aliphatic heterocycles. The van der Waals surface area contributed by atoms with E-state index in [2.05, 4.69) is 5.32 Å². The van der Waals surface area contributed by atoms with Crippen LogP contribution in [0.15, 0.2) is 18.2 Å². The number of carbonyl (C=O) groups is 3. The number of nitrogens with one attached hydrogen (secondary N) is 2. The molecule has 6 nitrogen and oxygen atoms in total. The first kappa shape index (κ1) is 21.8. The number of fused-ring (bicyclic) bond motifs is 1. The zero-order valence-electron chi connectivity index (χ0n) is 15.9. The third-order valence-electron chi connectivity index (χ3n) is 4.54. The minimum atomic E-state index is -1.71. The Bertz CT molecular complexity index is 954. The second-order valence-electron chi connectivity index (χ2n) is 6.74. The van der Waals surface area contributed by atoms with Crippen LogP contribution in [0.2, 0.25) is 0 Å². The smallest absolute Gasteiger partial charge is 0.348 e. The maximum absolute atomic E-state index is 13.5. The molecule has 3 rings (SSSR count). The van der Waals surface area contributed by atoms with Gasteiger partial charge in [-0.1, -0.05) is 6.42 Å². The lowest BCUT2D eigenvalue weighted by atomic mass is 10.1. The van der Waals surface area contributed by atoms with Crippen LogP contribution in [0.1, 0.15) is 39.4 Å². The lowest BCUT2D eigenvalue weighted by Gasteiger charge is -2.08. The van der Waals surface area contributed by atoms with Gasteiger partial charge >= 0.3 is 5.97 Å². The predicted molar refractivity (Wildman–Crippen MR) is 104 cm³/mol. The highest BCUT2D eigenvalue weighted by Crippen LogP contribution is 2.29. The number of ether oxygens (including phenoxy) is 1. The molecule has 2 aromatic rings. The minimum absolute atomic E-state index is 0.432. The number of hydrogen-bond acceptors (Lipinski definition) is 5. The van der Waals surface area contributed by atoms with Gasteiger partial charge in [0.1, 0.15) is 4.88 Å². The second kappa shape index (κ2) is 9.75. The fourth-order valence-corrected chi connectivity index (χ4v) is 4.16. The zero-order valence-corrected chi connectivity index (χ0v) is 16.7. The van der Waals surface area contributed by atoms with Gasteiger partial charge in [0.15, 0.2) is 24.1 Å². The van der Waals surface area contributed by atoms with Gasteiger partial charge in [-0.3, -0.25) is 9.59 Å². The third-order valence-corrected chi connectivity index (χ3v) is 5.75. The topological polar surface area (TPSA) is 84.5 Å². The molecule has 1 aromatic heterocycles.